The van der Waals surface area contributed by atoms with Crippen LogP contribution in [0.5, 0.6) is 0 Å². The SMILES string of the molecule is CN(CC(=O)C(C)(C)NCC(C)(C)COCC(C)(C)CN=[N+]=[N-])C(C)(C)C(=O)CCN. The van der Waals surface area contributed by atoms with Gasteiger partial charge in [-0.3, -0.25) is 14.5 Å². The molecule has 0 aliphatic heterocycles. The van der Waals surface area contributed by atoms with E-state index < -0.39 is 11.1 Å². The van der Waals surface area contributed by atoms with Gasteiger partial charge in [0, 0.05) is 29.8 Å². The molecule has 0 aliphatic carbocycles. The zero-order chi connectivity index (χ0) is 24.5. The van der Waals surface area contributed by atoms with E-state index in [1.165, 1.54) is 0 Å². The van der Waals surface area contributed by atoms with Crippen LogP contribution in [0.4, 0.5) is 0 Å². The first-order chi connectivity index (χ1) is 14.0. The normalized spacial score (nSPS) is 13.3. The van der Waals surface area contributed by atoms with Gasteiger partial charge >= 0.3 is 0 Å². The summed E-state index contributed by atoms with van der Waals surface area (Å²) in [7, 11) is 1.79. The van der Waals surface area contributed by atoms with Gasteiger partial charge in [-0.25, -0.2) is 0 Å². The fraction of sp³-hybridized carbons (Fsp3) is 0.909. The molecule has 0 aromatic rings. The Morgan fingerprint density at radius 3 is 2.10 bits per heavy atom. The van der Waals surface area contributed by atoms with Crippen LogP contribution in [0, 0.1) is 10.8 Å². The third-order valence-corrected chi connectivity index (χ3v) is 5.64. The molecular weight excluding hydrogens is 396 g/mol. The molecule has 180 valence electrons. The number of likely N-dealkylation sites (N-methyl/N-ethyl adjacent to an activating group) is 1. The number of ketones is 2. The molecule has 31 heavy (non-hydrogen) atoms. The number of rotatable bonds is 16. The summed E-state index contributed by atoms with van der Waals surface area (Å²) in [5.41, 5.74) is 12.1. The van der Waals surface area contributed by atoms with E-state index in [-0.39, 0.29) is 28.9 Å². The van der Waals surface area contributed by atoms with Crippen LogP contribution in [0.1, 0.15) is 61.8 Å². The van der Waals surface area contributed by atoms with Crippen LogP contribution in [0.3, 0.4) is 0 Å². The first kappa shape index (κ1) is 29.5. The fourth-order valence-corrected chi connectivity index (χ4v) is 2.74. The second kappa shape index (κ2) is 11.9. The van der Waals surface area contributed by atoms with E-state index in [0.717, 1.165) is 0 Å². The van der Waals surface area contributed by atoms with E-state index in [0.29, 0.717) is 39.3 Å². The van der Waals surface area contributed by atoms with Crippen molar-refractivity contribution < 1.29 is 14.3 Å². The van der Waals surface area contributed by atoms with Crippen LogP contribution in [0.25, 0.3) is 10.4 Å². The van der Waals surface area contributed by atoms with Gasteiger partial charge in [-0.1, -0.05) is 32.8 Å². The van der Waals surface area contributed by atoms with Crippen molar-refractivity contribution in [2.75, 3.05) is 46.4 Å². The molecule has 3 N–H and O–H groups in total. The number of azide groups is 1. The lowest BCUT2D eigenvalue weighted by molar-refractivity contribution is -0.132. The molecule has 0 fully saturated rings. The van der Waals surface area contributed by atoms with Crippen molar-refractivity contribution in [3.05, 3.63) is 10.4 Å². The summed E-state index contributed by atoms with van der Waals surface area (Å²) < 4.78 is 5.88. The quantitative estimate of drug-likeness (QED) is 0.215. The molecule has 0 aliphatic rings. The number of nitrogens with two attached hydrogens (primary N) is 1. The molecule has 9 nitrogen and oxygen atoms in total. The Bertz CT molecular complexity index is 652. The van der Waals surface area contributed by atoms with E-state index in [2.05, 4.69) is 29.2 Å². The van der Waals surface area contributed by atoms with E-state index in [4.69, 9.17) is 16.0 Å². The largest absolute Gasteiger partial charge is 0.380 e. The molecule has 0 spiro atoms. The number of Topliss-reactive ketones (excluding diaryl/α,β-unsaturated/α-hetero) is 2. The van der Waals surface area contributed by atoms with Crippen molar-refractivity contribution in [1.82, 2.24) is 10.2 Å². The summed E-state index contributed by atoms with van der Waals surface area (Å²) in [5.74, 6) is 0.0357. The number of nitrogens with one attached hydrogen (secondary N) is 1. The van der Waals surface area contributed by atoms with Crippen molar-refractivity contribution in [1.29, 1.82) is 0 Å². The summed E-state index contributed by atoms with van der Waals surface area (Å²) >= 11 is 0. The van der Waals surface area contributed by atoms with Gasteiger partial charge in [0.2, 0.25) is 0 Å². The van der Waals surface area contributed by atoms with Gasteiger partial charge in [0.15, 0.2) is 11.6 Å². The van der Waals surface area contributed by atoms with Crippen LogP contribution >= 0.6 is 0 Å². The lowest BCUT2D eigenvalue weighted by Gasteiger charge is -2.37. The van der Waals surface area contributed by atoms with Gasteiger partial charge in [0.05, 0.1) is 30.8 Å². The maximum atomic E-state index is 13.0. The molecule has 0 atom stereocenters. The van der Waals surface area contributed by atoms with Crippen LogP contribution < -0.4 is 11.1 Å². The van der Waals surface area contributed by atoms with Gasteiger partial charge in [0.25, 0.3) is 0 Å². The van der Waals surface area contributed by atoms with Crippen LogP contribution in [0.2, 0.25) is 0 Å². The minimum atomic E-state index is -0.751. The molecule has 0 heterocycles. The molecule has 0 bridgehead atoms. The maximum Gasteiger partial charge on any atom is 0.166 e. The number of hydrogen-bond acceptors (Lipinski definition) is 7. The van der Waals surface area contributed by atoms with Gasteiger partial charge < -0.3 is 15.8 Å². The summed E-state index contributed by atoms with van der Waals surface area (Å²) in [5, 5.41) is 6.99. The van der Waals surface area contributed by atoms with Gasteiger partial charge in [-0.05, 0) is 52.2 Å². The first-order valence-electron chi connectivity index (χ1n) is 10.8. The van der Waals surface area contributed by atoms with Gasteiger partial charge in [0.1, 0.15) is 0 Å². The van der Waals surface area contributed by atoms with Crippen LogP contribution in [0.15, 0.2) is 5.11 Å². The molecule has 0 saturated carbocycles. The predicted octanol–water partition coefficient (Wildman–Crippen LogP) is 2.93. The summed E-state index contributed by atoms with van der Waals surface area (Å²) in [4.78, 5) is 29.9. The first-order valence-corrected chi connectivity index (χ1v) is 10.8. The second-order valence-corrected chi connectivity index (χ2v) is 11.0. The van der Waals surface area contributed by atoms with Crippen molar-refractivity contribution in [3.8, 4) is 0 Å². The van der Waals surface area contributed by atoms with Gasteiger partial charge in [-0.2, -0.15) is 0 Å². The molecule has 0 saturated heterocycles. The molecule has 0 amide bonds. The molecular formula is C22H44N6O3. The molecule has 0 aromatic heterocycles. The van der Waals surface area contributed by atoms with Gasteiger partial charge in [-0.15, -0.1) is 0 Å². The Labute approximate surface area is 188 Å². The van der Waals surface area contributed by atoms with E-state index in [1.807, 2.05) is 41.5 Å². The Morgan fingerprint density at radius 2 is 1.58 bits per heavy atom. The Morgan fingerprint density at radius 1 is 1.03 bits per heavy atom. The van der Waals surface area contributed by atoms with Crippen molar-refractivity contribution in [2.45, 2.75) is 72.9 Å². The van der Waals surface area contributed by atoms with E-state index in [9.17, 15) is 9.59 Å². The lowest BCUT2D eigenvalue weighted by Crippen LogP contribution is -2.57. The number of ether oxygens (including phenoxy) is 1. The molecule has 9 heteroatoms. The summed E-state index contributed by atoms with van der Waals surface area (Å²) in [6.07, 6.45) is 0.293. The average Bonchev–Trinajstić information content (AvgIpc) is 2.64. The third-order valence-electron chi connectivity index (χ3n) is 5.64. The fourth-order valence-electron chi connectivity index (χ4n) is 2.74. The number of carbonyl (C=O) groups is 2. The predicted molar refractivity (Wildman–Crippen MR) is 125 cm³/mol. The van der Waals surface area contributed by atoms with E-state index in [1.54, 1.807) is 11.9 Å². The highest BCUT2D eigenvalue weighted by molar-refractivity contribution is 5.91. The second-order valence-electron chi connectivity index (χ2n) is 11.0. The zero-order valence-electron chi connectivity index (χ0n) is 21.0. The number of nitrogens with zero attached hydrogens (tertiary/aromatic N) is 4. The Balaban J connectivity index is 4.77. The standard InChI is InChI=1S/C22H44N6O3/c1-19(2,15-31-16-20(3,4)14-26-27-24)13-25-21(5,6)18(30)12-28(9)22(7,8)17(29)10-11-23/h25H,10-16,23H2,1-9H3. The van der Waals surface area contributed by atoms with Crippen molar-refractivity contribution >= 4 is 11.6 Å². The minimum absolute atomic E-state index is 0.0100. The lowest BCUT2D eigenvalue weighted by atomic mass is 9.89. The Kier molecular flexibility index (Phi) is 11.3. The van der Waals surface area contributed by atoms with E-state index >= 15 is 0 Å². The zero-order valence-corrected chi connectivity index (χ0v) is 21.0. The summed E-state index contributed by atoms with van der Waals surface area (Å²) in [6, 6.07) is 0. The molecule has 0 aromatic carbocycles. The topological polar surface area (TPSA) is 133 Å². The highest BCUT2D eigenvalue weighted by atomic mass is 16.5. The monoisotopic (exact) mass is 440 g/mol. The highest BCUT2D eigenvalue weighted by Crippen LogP contribution is 2.21. The van der Waals surface area contributed by atoms with Crippen molar-refractivity contribution in [3.63, 3.8) is 0 Å². The molecule has 0 rings (SSSR count). The maximum absolute atomic E-state index is 13.0. The third kappa shape index (κ3) is 10.6. The average molecular weight is 441 g/mol. The smallest absolute Gasteiger partial charge is 0.166 e. The van der Waals surface area contributed by atoms with Crippen LogP contribution in [-0.2, 0) is 14.3 Å². The minimum Gasteiger partial charge on any atom is -0.380 e. The summed E-state index contributed by atoms with van der Waals surface area (Å²) in [6.45, 7) is 17.9. The number of carbonyl (C=O) groups excluding carboxylic acids is 2. The highest BCUT2D eigenvalue weighted by Gasteiger charge is 2.36. The van der Waals surface area contributed by atoms with Crippen LogP contribution in [-0.4, -0.2) is 74.0 Å². The van der Waals surface area contributed by atoms with Crippen molar-refractivity contribution in [2.24, 2.45) is 21.7 Å². The number of hydrogen-bond donors (Lipinski definition) is 2. The molecule has 0 unspecified atom stereocenters. The Hall–Kier alpha value is -1.51. The molecule has 0 radical (unpaired) electrons.